The Balaban J connectivity index is 2.01. The monoisotopic (exact) mass is 365 g/mol. The molecule has 0 bridgehead atoms. The Kier molecular flexibility index (Phi) is 5.13. The highest BCUT2D eigenvalue weighted by Gasteiger charge is 2.22. The first kappa shape index (κ1) is 17.9. The van der Waals surface area contributed by atoms with Crippen molar-refractivity contribution < 1.29 is 0 Å². The second-order valence-electron chi connectivity index (χ2n) is 7.22. The summed E-state index contributed by atoms with van der Waals surface area (Å²) in [6.07, 6.45) is -2.12. The topological polar surface area (TPSA) is 12.0 Å². The predicted molar refractivity (Wildman–Crippen MR) is 115 cm³/mol. The summed E-state index contributed by atoms with van der Waals surface area (Å²) in [6.45, 7) is 6.69. The summed E-state index contributed by atoms with van der Waals surface area (Å²) in [6, 6.07) is 29.5. The summed E-state index contributed by atoms with van der Waals surface area (Å²) in [5, 5.41) is 6.05. The van der Waals surface area contributed by atoms with Crippen LogP contribution in [0.3, 0.4) is 0 Å². The fraction of sp³-hybridized carbons (Fsp3) is 0.182. The minimum absolute atomic E-state index is 0.150. The van der Waals surface area contributed by atoms with E-state index in [1.165, 1.54) is 16.2 Å². The highest BCUT2D eigenvalue weighted by atomic mass is 32.4. The van der Waals surface area contributed by atoms with Gasteiger partial charge in [0.05, 0.1) is 6.19 Å². The van der Waals surface area contributed by atoms with Crippen LogP contribution in [-0.2, 0) is 17.2 Å². The van der Waals surface area contributed by atoms with Gasteiger partial charge in [0.15, 0.2) is 0 Å². The molecule has 0 saturated heterocycles. The van der Waals surface area contributed by atoms with Crippen LogP contribution in [0.4, 0.5) is 5.69 Å². The van der Waals surface area contributed by atoms with Crippen LogP contribution in [0.2, 0.25) is 0 Å². The fourth-order valence-electron chi connectivity index (χ4n) is 2.78. The summed E-state index contributed by atoms with van der Waals surface area (Å²) < 4.78 is 0. The van der Waals surface area contributed by atoms with E-state index in [0.29, 0.717) is 0 Å². The lowest BCUT2D eigenvalue weighted by Crippen LogP contribution is -2.21. The van der Waals surface area contributed by atoms with Crippen LogP contribution in [0, 0.1) is 0 Å². The first-order valence-electron chi connectivity index (χ1n) is 8.50. The molecule has 1 nitrogen and oxygen atoms in total. The van der Waals surface area contributed by atoms with Crippen molar-refractivity contribution in [3.63, 3.8) is 0 Å². The molecule has 0 atom stereocenters. The standard InChI is InChI=1S/C22H24NPS/c1-22(2,3)18-14-16-19(17-15-18)23-24(25,20-10-6-4-7-11-20)21-12-8-5-9-13-21/h4-17H,1-3H3,(H,23,25). The zero-order valence-electron chi connectivity index (χ0n) is 14.9. The van der Waals surface area contributed by atoms with Crippen LogP contribution < -0.4 is 15.7 Å². The van der Waals surface area contributed by atoms with Gasteiger partial charge in [0, 0.05) is 16.3 Å². The van der Waals surface area contributed by atoms with Gasteiger partial charge in [0.1, 0.15) is 0 Å². The third-order valence-corrected chi connectivity index (χ3v) is 8.44. The van der Waals surface area contributed by atoms with Gasteiger partial charge in [-0.3, -0.25) is 0 Å². The first-order valence-corrected chi connectivity index (χ1v) is 11.3. The molecule has 0 aromatic heterocycles. The fourth-order valence-corrected chi connectivity index (χ4v) is 6.08. The predicted octanol–water partition coefficient (Wildman–Crippen LogP) is 5.44. The first-order chi connectivity index (χ1) is 11.9. The van der Waals surface area contributed by atoms with E-state index in [0.717, 1.165) is 5.69 Å². The van der Waals surface area contributed by atoms with Crippen LogP contribution in [0.1, 0.15) is 26.3 Å². The van der Waals surface area contributed by atoms with E-state index < -0.39 is 6.19 Å². The van der Waals surface area contributed by atoms with E-state index in [2.05, 4.69) is 98.7 Å². The maximum absolute atomic E-state index is 6.22. The molecule has 0 aliphatic heterocycles. The number of anilines is 1. The van der Waals surface area contributed by atoms with E-state index in [-0.39, 0.29) is 5.41 Å². The maximum Gasteiger partial charge on any atom is 0.0903 e. The van der Waals surface area contributed by atoms with Gasteiger partial charge in [-0.2, -0.15) is 0 Å². The Morgan fingerprint density at radius 1 is 0.680 bits per heavy atom. The molecule has 0 radical (unpaired) electrons. The van der Waals surface area contributed by atoms with E-state index in [9.17, 15) is 0 Å². The van der Waals surface area contributed by atoms with Crippen LogP contribution in [-0.4, -0.2) is 0 Å². The summed E-state index contributed by atoms with van der Waals surface area (Å²) in [5.74, 6) is 0. The van der Waals surface area contributed by atoms with Gasteiger partial charge in [0.2, 0.25) is 0 Å². The van der Waals surface area contributed by atoms with Crippen molar-refractivity contribution >= 4 is 34.3 Å². The molecule has 3 heteroatoms. The van der Waals surface area contributed by atoms with Gasteiger partial charge in [-0.25, -0.2) is 0 Å². The molecule has 25 heavy (non-hydrogen) atoms. The number of hydrogen-bond acceptors (Lipinski definition) is 1. The Hall–Kier alpha value is -1.89. The number of rotatable bonds is 4. The second kappa shape index (κ2) is 7.15. The minimum Gasteiger partial charge on any atom is -0.351 e. The minimum atomic E-state index is -2.12. The Morgan fingerprint density at radius 2 is 1.12 bits per heavy atom. The largest absolute Gasteiger partial charge is 0.351 e. The average Bonchev–Trinajstić information content (AvgIpc) is 2.63. The SMILES string of the molecule is CC(C)(C)c1ccc(NP(=S)(c2ccccc2)c2ccccc2)cc1. The van der Waals surface area contributed by atoms with Crippen LogP contribution >= 0.6 is 6.19 Å². The van der Waals surface area contributed by atoms with Crippen molar-refractivity contribution in [3.05, 3.63) is 90.5 Å². The lowest BCUT2D eigenvalue weighted by atomic mass is 9.87. The molecule has 0 unspecified atom stereocenters. The maximum atomic E-state index is 6.22. The van der Waals surface area contributed by atoms with Crippen molar-refractivity contribution in [2.75, 3.05) is 5.09 Å². The molecule has 1 N–H and O–H groups in total. The smallest absolute Gasteiger partial charge is 0.0903 e. The zero-order chi connectivity index (χ0) is 17.9. The number of nitrogens with one attached hydrogen (secondary N) is 1. The van der Waals surface area contributed by atoms with E-state index in [1.807, 2.05) is 12.1 Å². The summed E-state index contributed by atoms with van der Waals surface area (Å²) in [7, 11) is 0. The van der Waals surface area contributed by atoms with Crippen LogP contribution in [0.15, 0.2) is 84.9 Å². The van der Waals surface area contributed by atoms with Crippen LogP contribution in [0.25, 0.3) is 0 Å². The zero-order valence-corrected chi connectivity index (χ0v) is 16.6. The lowest BCUT2D eigenvalue weighted by molar-refractivity contribution is 0.590. The van der Waals surface area contributed by atoms with Gasteiger partial charge in [-0.05, 0) is 23.1 Å². The highest BCUT2D eigenvalue weighted by molar-refractivity contribution is 8.22. The Morgan fingerprint density at radius 3 is 1.52 bits per heavy atom. The molecule has 0 amide bonds. The quantitative estimate of drug-likeness (QED) is 0.618. The Bertz CT molecular complexity index is 822. The third-order valence-electron chi connectivity index (χ3n) is 4.28. The summed E-state index contributed by atoms with van der Waals surface area (Å²) >= 11 is 6.22. The molecule has 0 fully saturated rings. The average molecular weight is 365 g/mol. The summed E-state index contributed by atoms with van der Waals surface area (Å²) in [5.41, 5.74) is 2.55. The molecule has 0 spiro atoms. The molecular formula is C22H24NPS. The van der Waals surface area contributed by atoms with E-state index >= 15 is 0 Å². The van der Waals surface area contributed by atoms with Gasteiger partial charge in [-0.15, -0.1) is 0 Å². The molecule has 128 valence electrons. The van der Waals surface area contributed by atoms with Gasteiger partial charge in [-0.1, -0.05) is 105 Å². The molecule has 0 saturated carbocycles. The van der Waals surface area contributed by atoms with E-state index in [1.54, 1.807) is 0 Å². The third kappa shape index (κ3) is 4.03. The number of hydrogen-bond donors (Lipinski definition) is 1. The van der Waals surface area contributed by atoms with E-state index in [4.69, 9.17) is 11.8 Å². The second-order valence-corrected chi connectivity index (χ2v) is 11.3. The lowest BCUT2D eigenvalue weighted by Gasteiger charge is -2.26. The molecule has 0 aliphatic carbocycles. The van der Waals surface area contributed by atoms with Crippen molar-refractivity contribution in [2.45, 2.75) is 26.2 Å². The molecule has 3 rings (SSSR count). The van der Waals surface area contributed by atoms with Crippen molar-refractivity contribution in [1.82, 2.24) is 0 Å². The normalized spacial score (nSPS) is 12.0. The summed E-state index contributed by atoms with van der Waals surface area (Å²) in [4.78, 5) is 0. The number of benzene rings is 3. The Labute approximate surface area is 156 Å². The van der Waals surface area contributed by atoms with Crippen LogP contribution in [0.5, 0.6) is 0 Å². The van der Waals surface area contributed by atoms with Gasteiger partial charge < -0.3 is 5.09 Å². The molecule has 0 heterocycles. The highest BCUT2D eigenvalue weighted by Crippen LogP contribution is 2.44. The van der Waals surface area contributed by atoms with Gasteiger partial charge in [0.25, 0.3) is 0 Å². The van der Waals surface area contributed by atoms with Crippen molar-refractivity contribution in [2.24, 2.45) is 0 Å². The van der Waals surface area contributed by atoms with Crippen molar-refractivity contribution in [1.29, 1.82) is 0 Å². The van der Waals surface area contributed by atoms with Gasteiger partial charge >= 0.3 is 0 Å². The molecule has 3 aromatic carbocycles. The van der Waals surface area contributed by atoms with Crippen molar-refractivity contribution in [3.8, 4) is 0 Å². The molecular weight excluding hydrogens is 341 g/mol. The molecule has 3 aromatic rings. The molecule has 0 aliphatic rings.